The second kappa shape index (κ2) is 5.54. The van der Waals surface area contributed by atoms with E-state index in [9.17, 15) is 4.79 Å². The van der Waals surface area contributed by atoms with Crippen molar-refractivity contribution in [3.05, 3.63) is 59.8 Å². The van der Waals surface area contributed by atoms with E-state index in [2.05, 4.69) is 25.5 Å². The molecule has 0 saturated carbocycles. The fourth-order valence-corrected chi connectivity index (χ4v) is 1.81. The lowest BCUT2D eigenvalue weighted by atomic mass is 10.1. The van der Waals surface area contributed by atoms with E-state index in [1.165, 1.54) is 0 Å². The number of pyridine rings is 1. The van der Waals surface area contributed by atoms with Crippen LogP contribution in [0, 0.1) is 6.92 Å². The zero-order valence-corrected chi connectivity index (χ0v) is 11.4. The number of amides is 1. The van der Waals surface area contributed by atoms with Gasteiger partial charge in [-0.3, -0.25) is 20.2 Å². The Morgan fingerprint density at radius 2 is 1.95 bits per heavy atom. The molecule has 104 valence electrons. The first kappa shape index (κ1) is 13.0. The molecule has 2 aromatic heterocycles. The Labute approximate surface area is 121 Å². The van der Waals surface area contributed by atoms with Crippen LogP contribution in [0.15, 0.2) is 48.7 Å². The number of hydrogen-bond acceptors (Lipinski definition) is 4. The van der Waals surface area contributed by atoms with Crippen molar-refractivity contribution in [1.82, 2.24) is 20.2 Å². The number of carbonyl (C=O) groups excluding carboxylic acids is 1. The number of rotatable bonds is 3. The van der Waals surface area contributed by atoms with Gasteiger partial charge in [0.05, 0.1) is 0 Å². The van der Waals surface area contributed by atoms with Gasteiger partial charge in [-0.25, -0.2) is 0 Å². The molecule has 6 heteroatoms. The molecule has 0 spiro atoms. The van der Waals surface area contributed by atoms with Crippen LogP contribution in [0.25, 0.3) is 11.5 Å². The van der Waals surface area contributed by atoms with Gasteiger partial charge in [-0.05, 0) is 31.2 Å². The summed E-state index contributed by atoms with van der Waals surface area (Å²) in [6, 6.07) is 12.8. The largest absolute Gasteiger partial charge is 0.289 e. The highest BCUT2D eigenvalue weighted by molar-refractivity contribution is 6.03. The fourth-order valence-electron chi connectivity index (χ4n) is 1.81. The van der Waals surface area contributed by atoms with Crippen molar-refractivity contribution in [2.45, 2.75) is 6.92 Å². The van der Waals surface area contributed by atoms with Crippen molar-refractivity contribution >= 4 is 11.9 Å². The molecular formula is C15H13N5O. The average molecular weight is 279 g/mol. The monoisotopic (exact) mass is 279 g/mol. The van der Waals surface area contributed by atoms with Crippen molar-refractivity contribution < 1.29 is 4.79 Å². The Morgan fingerprint density at radius 3 is 2.67 bits per heavy atom. The van der Waals surface area contributed by atoms with Crippen LogP contribution in [-0.2, 0) is 0 Å². The lowest BCUT2D eigenvalue weighted by molar-refractivity contribution is 0.102. The van der Waals surface area contributed by atoms with Gasteiger partial charge in [0.1, 0.15) is 5.69 Å². The number of nitrogens with zero attached hydrogens (tertiary/aromatic N) is 3. The Kier molecular flexibility index (Phi) is 3.42. The van der Waals surface area contributed by atoms with Gasteiger partial charge in [-0.1, -0.05) is 23.8 Å². The number of benzene rings is 1. The third-order valence-electron chi connectivity index (χ3n) is 2.93. The van der Waals surface area contributed by atoms with Crippen LogP contribution in [-0.4, -0.2) is 26.1 Å². The van der Waals surface area contributed by atoms with Crippen LogP contribution in [0.4, 0.5) is 5.95 Å². The highest BCUT2D eigenvalue weighted by Crippen LogP contribution is 2.13. The first-order valence-corrected chi connectivity index (χ1v) is 6.44. The number of hydrogen-bond donors (Lipinski definition) is 2. The van der Waals surface area contributed by atoms with Gasteiger partial charge in [0.15, 0.2) is 5.82 Å². The maximum absolute atomic E-state index is 12.1. The number of nitrogens with one attached hydrogen (secondary N) is 2. The Hall–Kier alpha value is -3.02. The summed E-state index contributed by atoms with van der Waals surface area (Å²) in [4.78, 5) is 20.4. The van der Waals surface area contributed by atoms with E-state index >= 15 is 0 Å². The van der Waals surface area contributed by atoms with E-state index in [-0.39, 0.29) is 11.9 Å². The van der Waals surface area contributed by atoms with E-state index in [0.29, 0.717) is 17.1 Å². The molecule has 21 heavy (non-hydrogen) atoms. The first-order valence-electron chi connectivity index (χ1n) is 6.44. The number of carbonyl (C=O) groups is 1. The molecular weight excluding hydrogens is 266 g/mol. The molecule has 3 rings (SSSR count). The van der Waals surface area contributed by atoms with Crippen molar-refractivity contribution in [2.75, 3.05) is 5.32 Å². The molecule has 0 aliphatic carbocycles. The molecule has 0 bridgehead atoms. The normalized spacial score (nSPS) is 10.3. The molecule has 0 atom stereocenters. The zero-order chi connectivity index (χ0) is 14.7. The zero-order valence-electron chi connectivity index (χ0n) is 11.4. The molecule has 0 aliphatic heterocycles. The summed E-state index contributed by atoms with van der Waals surface area (Å²) in [5, 5.41) is 9.36. The Morgan fingerprint density at radius 1 is 1.14 bits per heavy atom. The second-order valence-corrected chi connectivity index (χ2v) is 4.54. The van der Waals surface area contributed by atoms with Gasteiger partial charge in [0.25, 0.3) is 5.91 Å². The summed E-state index contributed by atoms with van der Waals surface area (Å²) in [6.07, 6.45) is 1.67. The minimum Gasteiger partial charge on any atom is -0.289 e. The topological polar surface area (TPSA) is 83.6 Å². The van der Waals surface area contributed by atoms with Crippen LogP contribution in [0.1, 0.15) is 15.9 Å². The van der Waals surface area contributed by atoms with Crippen molar-refractivity contribution in [3.63, 3.8) is 0 Å². The van der Waals surface area contributed by atoms with Gasteiger partial charge in [-0.2, -0.15) is 4.98 Å². The van der Waals surface area contributed by atoms with Crippen LogP contribution >= 0.6 is 0 Å². The van der Waals surface area contributed by atoms with E-state index < -0.39 is 0 Å². The average Bonchev–Trinajstić information content (AvgIpc) is 2.97. The van der Waals surface area contributed by atoms with Gasteiger partial charge in [-0.15, -0.1) is 5.10 Å². The van der Waals surface area contributed by atoms with Gasteiger partial charge < -0.3 is 0 Å². The van der Waals surface area contributed by atoms with E-state index in [0.717, 1.165) is 5.56 Å². The fraction of sp³-hybridized carbons (Fsp3) is 0.0667. The van der Waals surface area contributed by atoms with Crippen molar-refractivity contribution in [1.29, 1.82) is 0 Å². The number of aryl methyl sites for hydroxylation is 1. The van der Waals surface area contributed by atoms with Gasteiger partial charge >= 0.3 is 0 Å². The quantitative estimate of drug-likeness (QED) is 0.771. The maximum atomic E-state index is 12.1. The summed E-state index contributed by atoms with van der Waals surface area (Å²) >= 11 is 0. The lowest BCUT2D eigenvalue weighted by Crippen LogP contribution is -2.12. The SMILES string of the molecule is Cc1ccc(C(=O)Nc2n[nH]c(-c3ccccn3)n2)cc1. The summed E-state index contributed by atoms with van der Waals surface area (Å²) in [5.41, 5.74) is 2.33. The lowest BCUT2D eigenvalue weighted by Gasteiger charge is -2.01. The summed E-state index contributed by atoms with van der Waals surface area (Å²) < 4.78 is 0. The summed E-state index contributed by atoms with van der Waals surface area (Å²) in [5.74, 6) is 0.484. The molecule has 0 unspecified atom stereocenters. The van der Waals surface area contributed by atoms with Crippen molar-refractivity contribution in [2.24, 2.45) is 0 Å². The molecule has 0 radical (unpaired) electrons. The van der Waals surface area contributed by atoms with Gasteiger partial charge in [0.2, 0.25) is 5.95 Å². The molecule has 2 N–H and O–H groups in total. The predicted octanol–water partition coefficient (Wildman–Crippen LogP) is 2.43. The third-order valence-corrected chi connectivity index (χ3v) is 2.93. The summed E-state index contributed by atoms with van der Waals surface area (Å²) in [6.45, 7) is 1.97. The van der Waals surface area contributed by atoms with Gasteiger partial charge in [0, 0.05) is 11.8 Å². The molecule has 0 aliphatic rings. The summed E-state index contributed by atoms with van der Waals surface area (Å²) in [7, 11) is 0. The molecule has 6 nitrogen and oxygen atoms in total. The highest BCUT2D eigenvalue weighted by atomic mass is 16.1. The number of aromatic nitrogens is 4. The molecule has 0 fully saturated rings. The van der Waals surface area contributed by atoms with Crippen LogP contribution in [0.3, 0.4) is 0 Å². The minimum absolute atomic E-state index is 0.223. The minimum atomic E-state index is -0.249. The number of anilines is 1. The molecule has 3 aromatic rings. The smallest absolute Gasteiger partial charge is 0.258 e. The Bertz CT molecular complexity index is 749. The Balaban J connectivity index is 1.75. The molecule has 0 saturated heterocycles. The molecule has 1 aromatic carbocycles. The second-order valence-electron chi connectivity index (χ2n) is 4.54. The first-order chi connectivity index (χ1) is 10.2. The van der Waals surface area contributed by atoms with E-state index in [4.69, 9.17) is 0 Å². The van der Waals surface area contributed by atoms with Crippen LogP contribution in [0.5, 0.6) is 0 Å². The van der Waals surface area contributed by atoms with Crippen LogP contribution in [0.2, 0.25) is 0 Å². The van der Waals surface area contributed by atoms with Crippen LogP contribution < -0.4 is 5.32 Å². The third kappa shape index (κ3) is 2.94. The highest BCUT2D eigenvalue weighted by Gasteiger charge is 2.10. The number of aromatic amines is 1. The standard InChI is InChI=1S/C15H13N5O/c1-10-5-7-11(8-6-10)14(21)18-15-17-13(19-20-15)12-4-2-3-9-16-12/h2-9H,1H3,(H2,17,18,19,20,21). The molecule has 2 heterocycles. The predicted molar refractivity (Wildman–Crippen MR) is 78.7 cm³/mol. The maximum Gasteiger partial charge on any atom is 0.258 e. The molecule has 1 amide bonds. The van der Waals surface area contributed by atoms with Crippen molar-refractivity contribution in [3.8, 4) is 11.5 Å². The van der Waals surface area contributed by atoms with E-state index in [1.54, 1.807) is 18.3 Å². The number of H-pyrrole nitrogens is 1. The van der Waals surface area contributed by atoms with E-state index in [1.807, 2.05) is 37.3 Å².